The first-order chi connectivity index (χ1) is 9.54. The molecule has 20 heavy (non-hydrogen) atoms. The number of methoxy groups -OCH3 is 1. The second-order valence-electron chi connectivity index (χ2n) is 4.27. The maximum Gasteiger partial charge on any atom is 0.251 e. The first-order valence-electron chi connectivity index (χ1n) is 6.33. The zero-order valence-electron chi connectivity index (χ0n) is 11.7. The Hall–Kier alpha value is -1.59. The Labute approximate surface area is 123 Å². The molecule has 0 aromatic heterocycles. The van der Waals surface area contributed by atoms with Gasteiger partial charge in [-0.1, -0.05) is 17.7 Å². The van der Waals surface area contributed by atoms with Gasteiger partial charge in [0.1, 0.15) is 0 Å². The summed E-state index contributed by atoms with van der Waals surface area (Å²) >= 11 is 5.83. The van der Waals surface area contributed by atoms with Gasteiger partial charge in [-0.2, -0.15) is 0 Å². The monoisotopic (exact) mass is 298 g/mol. The molecule has 0 aliphatic heterocycles. The number of nitrogens with one attached hydrogen (secondary N) is 1. The molecule has 0 aliphatic carbocycles. The van der Waals surface area contributed by atoms with Crippen LogP contribution in [0.4, 0.5) is 0 Å². The van der Waals surface area contributed by atoms with Gasteiger partial charge in [-0.15, -0.1) is 0 Å². The zero-order chi connectivity index (χ0) is 15.0. The van der Waals surface area contributed by atoms with E-state index in [1.165, 1.54) is 6.92 Å². The molecule has 1 rings (SSSR count). The van der Waals surface area contributed by atoms with Crippen LogP contribution in [0, 0.1) is 0 Å². The van der Waals surface area contributed by atoms with Crippen LogP contribution in [0.2, 0.25) is 5.02 Å². The fourth-order valence-corrected chi connectivity index (χ4v) is 1.85. The maximum atomic E-state index is 11.9. The van der Waals surface area contributed by atoms with Crippen LogP contribution in [0.1, 0.15) is 17.3 Å². The van der Waals surface area contributed by atoms with E-state index < -0.39 is 0 Å². The maximum absolute atomic E-state index is 11.9. The van der Waals surface area contributed by atoms with Crippen molar-refractivity contribution in [3.63, 3.8) is 0 Å². The minimum absolute atomic E-state index is 0.0425. The fraction of sp³-hybridized carbons (Fsp3) is 0.429. The van der Waals surface area contributed by atoms with Crippen molar-refractivity contribution in [2.45, 2.75) is 6.92 Å². The molecule has 1 aromatic carbocycles. The SMILES string of the molecule is COCCN(CCNC(=O)c1cccc(Cl)c1)C(C)=O. The summed E-state index contributed by atoms with van der Waals surface area (Å²) in [5.74, 6) is -0.248. The minimum Gasteiger partial charge on any atom is -0.383 e. The average molecular weight is 299 g/mol. The Kier molecular flexibility index (Phi) is 7.04. The summed E-state index contributed by atoms with van der Waals surface area (Å²) < 4.78 is 4.94. The van der Waals surface area contributed by atoms with Crippen molar-refractivity contribution in [1.82, 2.24) is 10.2 Å². The second-order valence-corrected chi connectivity index (χ2v) is 4.70. The lowest BCUT2D eigenvalue weighted by Gasteiger charge is -2.20. The number of hydrogen-bond donors (Lipinski definition) is 1. The van der Waals surface area contributed by atoms with E-state index >= 15 is 0 Å². The van der Waals surface area contributed by atoms with Crippen LogP contribution in [-0.4, -0.2) is 50.1 Å². The average Bonchev–Trinajstić information content (AvgIpc) is 2.42. The first-order valence-corrected chi connectivity index (χ1v) is 6.70. The molecule has 1 aromatic rings. The number of nitrogens with zero attached hydrogens (tertiary/aromatic N) is 1. The number of amides is 2. The van der Waals surface area contributed by atoms with E-state index in [0.29, 0.717) is 36.8 Å². The van der Waals surface area contributed by atoms with Crippen LogP contribution < -0.4 is 5.32 Å². The molecule has 0 bridgehead atoms. The number of benzene rings is 1. The van der Waals surface area contributed by atoms with Gasteiger partial charge in [0.2, 0.25) is 5.91 Å². The third-order valence-electron chi connectivity index (χ3n) is 2.76. The predicted octanol–water partition coefficient (Wildman–Crippen LogP) is 1.56. The summed E-state index contributed by atoms with van der Waals surface area (Å²) in [5.41, 5.74) is 0.503. The minimum atomic E-state index is -0.206. The van der Waals surface area contributed by atoms with Crippen LogP contribution in [0.15, 0.2) is 24.3 Å². The molecule has 0 atom stereocenters. The van der Waals surface area contributed by atoms with Gasteiger partial charge < -0.3 is 15.0 Å². The van der Waals surface area contributed by atoms with E-state index in [2.05, 4.69) is 5.32 Å². The molecule has 1 N–H and O–H groups in total. The Morgan fingerprint density at radius 1 is 1.35 bits per heavy atom. The summed E-state index contributed by atoms with van der Waals surface area (Å²) in [7, 11) is 1.58. The molecule has 2 amide bonds. The van der Waals surface area contributed by atoms with E-state index in [4.69, 9.17) is 16.3 Å². The van der Waals surface area contributed by atoms with Crippen molar-refractivity contribution in [2.24, 2.45) is 0 Å². The van der Waals surface area contributed by atoms with Gasteiger partial charge >= 0.3 is 0 Å². The van der Waals surface area contributed by atoms with Crippen molar-refractivity contribution >= 4 is 23.4 Å². The normalized spacial score (nSPS) is 10.2. The van der Waals surface area contributed by atoms with E-state index in [0.717, 1.165) is 0 Å². The first kappa shape index (κ1) is 16.5. The van der Waals surface area contributed by atoms with Crippen LogP contribution in [0.3, 0.4) is 0 Å². The Morgan fingerprint density at radius 2 is 2.10 bits per heavy atom. The number of halogens is 1. The number of carbonyl (C=O) groups excluding carboxylic acids is 2. The smallest absolute Gasteiger partial charge is 0.251 e. The molecular formula is C14H19ClN2O3. The van der Waals surface area contributed by atoms with Crippen molar-refractivity contribution in [3.05, 3.63) is 34.9 Å². The lowest BCUT2D eigenvalue weighted by molar-refractivity contribution is -0.129. The van der Waals surface area contributed by atoms with Crippen LogP contribution in [0.5, 0.6) is 0 Å². The van der Waals surface area contributed by atoms with Crippen molar-refractivity contribution in [3.8, 4) is 0 Å². The lowest BCUT2D eigenvalue weighted by atomic mass is 10.2. The van der Waals surface area contributed by atoms with Crippen LogP contribution in [0.25, 0.3) is 0 Å². The molecule has 0 fully saturated rings. The third-order valence-corrected chi connectivity index (χ3v) is 3.00. The van der Waals surface area contributed by atoms with E-state index in [1.807, 2.05) is 0 Å². The van der Waals surface area contributed by atoms with Gasteiger partial charge in [-0.3, -0.25) is 9.59 Å². The molecule has 0 spiro atoms. The third kappa shape index (κ3) is 5.59. The van der Waals surface area contributed by atoms with Crippen LogP contribution >= 0.6 is 11.6 Å². The van der Waals surface area contributed by atoms with Crippen molar-refractivity contribution in [1.29, 1.82) is 0 Å². The molecular weight excluding hydrogens is 280 g/mol. The highest BCUT2D eigenvalue weighted by Gasteiger charge is 2.09. The molecule has 110 valence electrons. The highest BCUT2D eigenvalue weighted by molar-refractivity contribution is 6.30. The fourth-order valence-electron chi connectivity index (χ4n) is 1.66. The molecule has 0 aliphatic rings. The van der Waals surface area contributed by atoms with Crippen molar-refractivity contribution in [2.75, 3.05) is 33.4 Å². The van der Waals surface area contributed by atoms with E-state index in [-0.39, 0.29) is 11.8 Å². The molecule has 0 heterocycles. The summed E-state index contributed by atoms with van der Waals surface area (Å²) in [4.78, 5) is 24.9. The Morgan fingerprint density at radius 3 is 2.70 bits per heavy atom. The van der Waals surface area contributed by atoms with E-state index in [9.17, 15) is 9.59 Å². The van der Waals surface area contributed by atoms with E-state index in [1.54, 1.807) is 36.3 Å². The Balaban J connectivity index is 2.42. The number of ether oxygens (including phenoxy) is 1. The molecule has 0 radical (unpaired) electrons. The molecule has 0 saturated carbocycles. The Bertz CT molecular complexity index is 465. The molecule has 6 heteroatoms. The van der Waals surface area contributed by atoms with Gasteiger partial charge in [0.25, 0.3) is 5.91 Å². The van der Waals surface area contributed by atoms with Gasteiger partial charge in [0.15, 0.2) is 0 Å². The zero-order valence-corrected chi connectivity index (χ0v) is 12.4. The van der Waals surface area contributed by atoms with Crippen molar-refractivity contribution < 1.29 is 14.3 Å². The summed E-state index contributed by atoms with van der Waals surface area (Å²) in [6.07, 6.45) is 0. The standard InChI is InChI=1S/C14H19ClN2O3/c1-11(18)17(8-9-20-2)7-6-16-14(19)12-4-3-5-13(15)10-12/h3-5,10H,6-9H2,1-2H3,(H,16,19). The van der Waals surface area contributed by atoms with Crippen LogP contribution in [-0.2, 0) is 9.53 Å². The quantitative estimate of drug-likeness (QED) is 0.831. The van der Waals surface area contributed by atoms with Gasteiger partial charge in [-0.25, -0.2) is 0 Å². The summed E-state index contributed by atoms with van der Waals surface area (Å²) in [6, 6.07) is 6.72. The highest BCUT2D eigenvalue weighted by atomic mass is 35.5. The number of carbonyl (C=O) groups is 2. The largest absolute Gasteiger partial charge is 0.383 e. The summed E-state index contributed by atoms with van der Waals surface area (Å²) in [6.45, 7) is 3.31. The summed E-state index contributed by atoms with van der Waals surface area (Å²) in [5, 5.41) is 3.27. The number of rotatable bonds is 7. The van der Waals surface area contributed by atoms with Gasteiger partial charge in [0.05, 0.1) is 6.61 Å². The van der Waals surface area contributed by atoms with Gasteiger partial charge in [0, 0.05) is 44.3 Å². The topological polar surface area (TPSA) is 58.6 Å². The highest BCUT2D eigenvalue weighted by Crippen LogP contribution is 2.10. The van der Waals surface area contributed by atoms with Gasteiger partial charge in [-0.05, 0) is 18.2 Å². The predicted molar refractivity (Wildman–Crippen MR) is 77.9 cm³/mol. The molecule has 0 unspecified atom stereocenters. The molecule has 0 saturated heterocycles. The second kappa shape index (κ2) is 8.55. The number of hydrogen-bond acceptors (Lipinski definition) is 3. The lowest BCUT2D eigenvalue weighted by Crippen LogP contribution is -2.39. The molecule has 5 nitrogen and oxygen atoms in total.